The Hall–Kier alpha value is -3.40. The predicted octanol–water partition coefficient (Wildman–Crippen LogP) is 3.18. The molecule has 1 aromatic heterocycles. The highest BCUT2D eigenvalue weighted by atomic mass is 32.2. The largest absolute Gasteiger partial charge is 0.497 e. The van der Waals surface area contributed by atoms with Crippen LogP contribution in [0.3, 0.4) is 0 Å². The van der Waals surface area contributed by atoms with E-state index in [1.807, 2.05) is 0 Å². The molecule has 0 saturated carbocycles. The third-order valence-electron chi connectivity index (χ3n) is 4.07. The van der Waals surface area contributed by atoms with Gasteiger partial charge in [-0.25, -0.2) is 8.42 Å². The fraction of sp³-hybridized carbons (Fsp3) is 0.211. The minimum absolute atomic E-state index is 0.0159. The topological polar surface area (TPSA) is 109 Å². The Balaban J connectivity index is 1.97. The smallest absolute Gasteiger partial charge is 0.270 e. The molecule has 2 aromatic carbocycles. The van der Waals surface area contributed by atoms with Gasteiger partial charge in [-0.05, 0) is 30.3 Å². The second-order valence-corrected chi connectivity index (χ2v) is 7.36. The molecule has 0 fully saturated rings. The molecule has 0 atom stereocenters. The second kappa shape index (κ2) is 8.31. The zero-order valence-electron chi connectivity index (χ0n) is 16.3. The molecular weight excluding hydrogens is 400 g/mol. The Morgan fingerprint density at radius 1 is 0.862 bits per heavy atom. The predicted molar refractivity (Wildman–Crippen MR) is 105 cm³/mol. The van der Waals surface area contributed by atoms with E-state index in [9.17, 15) is 8.42 Å². The first-order valence-corrected chi connectivity index (χ1v) is 9.84. The molecule has 3 rings (SSSR count). The van der Waals surface area contributed by atoms with E-state index >= 15 is 0 Å². The van der Waals surface area contributed by atoms with E-state index in [0.717, 1.165) is 0 Å². The summed E-state index contributed by atoms with van der Waals surface area (Å²) in [5.41, 5.74) is 0.555. The Morgan fingerprint density at radius 3 is 2.10 bits per heavy atom. The Bertz CT molecular complexity index is 1090. The zero-order chi connectivity index (χ0) is 21.0. The van der Waals surface area contributed by atoms with Crippen LogP contribution in [0.2, 0.25) is 0 Å². The molecule has 0 aliphatic heterocycles. The first-order valence-electron chi connectivity index (χ1n) is 8.36. The van der Waals surface area contributed by atoms with Crippen LogP contribution in [0.5, 0.6) is 23.0 Å². The van der Waals surface area contributed by atoms with Gasteiger partial charge in [0, 0.05) is 6.07 Å². The summed E-state index contributed by atoms with van der Waals surface area (Å²) in [6, 6.07) is 11.2. The van der Waals surface area contributed by atoms with Gasteiger partial charge in [0.05, 0.1) is 34.0 Å². The van der Waals surface area contributed by atoms with E-state index in [0.29, 0.717) is 22.8 Å². The number of benzene rings is 2. The maximum Gasteiger partial charge on any atom is 0.270 e. The van der Waals surface area contributed by atoms with Crippen molar-refractivity contribution in [3.63, 3.8) is 0 Å². The van der Waals surface area contributed by atoms with Gasteiger partial charge in [-0.15, -0.1) is 0 Å². The minimum atomic E-state index is -4.07. The number of hydrogen-bond donors (Lipinski definition) is 1. The molecule has 0 spiro atoms. The molecule has 0 aliphatic rings. The quantitative estimate of drug-likeness (QED) is 0.592. The van der Waals surface area contributed by atoms with E-state index in [2.05, 4.69) is 9.88 Å². The van der Waals surface area contributed by atoms with Crippen molar-refractivity contribution in [3.8, 4) is 34.3 Å². The molecule has 0 bridgehead atoms. The van der Waals surface area contributed by atoms with Crippen LogP contribution in [0, 0.1) is 0 Å². The van der Waals surface area contributed by atoms with Crippen LogP contribution in [-0.2, 0) is 10.0 Å². The Morgan fingerprint density at radius 2 is 1.52 bits per heavy atom. The highest BCUT2D eigenvalue weighted by Gasteiger charge is 2.26. The summed E-state index contributed by atoms with van der Waals surface area (Å²) in [6.45, 7) is 0. The van der Waals surface area contributed by atoms with Gasteiger partial charge < -0.3 is 23.5 Å². The van der Waals surface area contributed by atoms with E-state index in [4.69, 9.17) is 23.5 Å². The molecule has 0 aliphatic carbocycles. The molecule has 0 radical (unpaired) electrons. The normalized spacial score (nSPS) is 11.0. The van der Waals surface area contributed by atoms with Crippen molar-refractivity contribution < 1.29 is 31.9 Å². The third-order valence-corrected chi connectivity index (χ3v) is 5.49. The Kier molecular flexibility index (Phi) is 5.83. The zero-order valence-corrected chi connectivity index (χ0v) is 17.1. The van der Waals surface area contributed by atoms with Crippen molar-refractivity contribution in [1.29, 1.82) is 0 Å². The lowest BCUT2D eigenvalue weighted by Gasteiger charge is -2.13. The first kappa shape index (κ1) is 20.3. The van der Waals surface area contributed by atoms with Gasteiger partial charge in [0.1, 0.15) is 23.0 Å². The van der Waals surface area contributed by atoms with Crippen molar-refractivity contribution >= 4 is 15.8 Å². The number of hydrogen-bond acceptors (Lipinski definition) is 8. The molecular formula is C19H20N2O7S. The average molecular weight is 420 g/mol. The highest BCUT2D eigenvalue weighted by molar-refractivity contribution is 7.93. The number of nitrogens with one attached hydrogen (secondary N) is 1. The summed E-state index contributed by atoms with van der Waals surface area (Å²) in [5, 5.41) is 3.80. The van der Waals surface area contributed by atoms with Crippen LogP contribution in [-0.4, -0.2) is 42.0 Å². The lowest BCUT2D eigenvalue weighted by atomic mass is 10.1. The standard InChI is InChI=1S/C19H20N2O7S/c1-24-12-8-9-14(25-2)13(10-12)17-11-18(20-28-17)21-29(22,23)19-15(26-3)6-5-7-16(19)27-4/h5-11H,1-4H3,(H,20,21). The third kappa shape index (κ3) is 4.06. The monoisotopic (exact) mass is 420 g/mol. The van der Waals surface area contributed by atoms with Crippen LogP contribution >= 0.6 is 0 Å². The number of sulfonamides is 1. The lowest BCUT2D eigenvalue weighted by Crippen LogP contribution is -2.15. The highest BCUT2D eigenvalue weighted by Crippen LogP contribution is 2.37. The maximum atomic E-state index is 12.9. The second-order valence-electron chi connectivity index (χ2n) is 5.74. The van der Waals surface area contributed by atoms with Crippen molar-refractivity contribution in [2.24, 2.45) is 0 Å². The van der Waals surface area contributed by atoms with Crippen molar-refractivity contribution in [1.82, 2.24) is 5.16 Å². The van der Waals surface area contributed by atoms with Crippen LogP contribution in [0.15, 0.2) is 51.9 Å². The van der Waals surface area contributed by atoms with Crippen molar-refractivity contribution in [3.05, 3.63) is 42.5 Å². The molecule has 3 aromatic rings. The summed E-state index contributed by atoms with van der Waals surface area (Å²) in [4.78, 5) is -0.145. The molecule has 0 unspecified atom stereocenters. The molecule has 154 valence electrons. The van der Waals surface area contributed by atoms with Crippen LogP contribution in [0.4, 0.5) is 5.82 Å². The number of aromatic nitrogens is 1. The van der Waals surface area contributed by atoms with Gasteiger partial charge in [-0.3, -0.25) is 4.72 Å². The summed E-state index contributed by atoms with van der Waals surface area (Å²) >= 11 is 0. The molecule has 1 N–H and O–H groups in total. The van der Waals surface area contributed by atoms with E-state index in [-0.39, 0.29) is 22.2 Å². The summed E-state index contributed by atoms with van der Waals surface area (Å²) in [5.74, 6) is 1.65. The number of nitrogens with zero attached hydrogens (tertiary/aromatic N) is 1. The summed E-state index contributed by atoms with van der Waals surface area (Å²) in [6.07, 6.45) is 0. The Labute approximate surface area is 168 Å². The van der Waals surface area contributed by atoms with Gasteiger partial charge in [-0.1, -0.05) is 11.2 Å². The summed E-state index contributed by atoms with van der Waals surface area (Å²) < 4.78 is 54.4. The number of methoxy groups -OCH3 is 4. The number of rotatable bonds is 8. The number of anilines is 1. The lowest BCUT2D eigenvalue weighted by molar-refractivity contribution is 0.373. The maximum absolute atomic E-state index is 12.9. The number of ether oxygens (including phenoxy) is 4. The first-order chi connectivity index (χ1) is 13.9. The van der Waals surface area contributed by atoms with Gasteiger partial charge in [-0.2, -0.15) is 0 Å². The van der Waals surface area contributed by atoms with E-state index in [1.54, 1.807) is 24.3 Å². The molecule has 9 nitrogen and oxygen atoms in total. The molecule has 0 saturated heterocycles. The minimum Gasteiger partial charge on any atom is -0.497 e. The average Bonchev–Trinajstić information content (AvgIpc) is 3.19. The van der Waals surface area contributed by atoms with Crippen molar-refractivity contribution in [2.45, 2.75) is 4.90 Å². The summed E-state index contributed by atoms with van der Waals surface area (Å²) in [7, 11) is 1.72. The van der Waals surface area contributed by atoms with Crippen LogP contribution in [0.25, 0.3) is 11.3 Å². The molecule has 1 heterocycles. The van der Waals surface area contributed by atoms with E-state index < -0.39 is 10.0 Å². The van der Waals surface area contributed by atoms with Crippen LogP contribution in [0.1, 0.15) is 0 Å². The van der Waals surface area contributed by atoms with Gasteiger partial charge >= 0.3 is 0 Å². The van der Waals surface area contributed by atoms with Crippen LogP contribution < -0.4 is 23.7 Å². The van der Waals surface area contributed by atoms with Crippen molar-refractivity contribution in [2.75, 3.05) is 33.2 Å². The van der Waals surface area contributed by atoms with Gasteiger partial charge in [0.15, 0.2) is 16.5 Å². The fourth-order valence-corrected chi connectivity index (χ4v) is 4.03. The SMILES string of the molecule is COc1ccc(OC)c(-c2cc(NS(=O)(=O)c3c(OC)cccc3OC)no2)c1. The van der Waals surface area contributed by atoms with E-state index in [1.165, 1.54) is 46.6 Å². The van der Waals surface area contributed by atoms with Gasteiger partial charge in [0.2, 0.25) is 0 Å². The molecule has 10 heteroatoms. The molecule has 29 heavy (non-hydrogen) atoms. The molecule has 0 amide bonds. The fourth-order valence-electron chi connectivity index (χ4n) is 2.73. The van der Waals surface area contributed by atoms with Gasteiger partial charge in [0.25, 0.3) is 10.0 Å².